The molecule has 1 heterocycles. The molecular weight excluding hydrogens is 387 g/mol. The van der Waals surface area contributed by atoms with Gasteiger partial charge in [0.1, 0.15) is 0 Å². The van der Waals surface area contributed by atoms with E-state index < -0.39 is 23.8 Å². The molecule has 2 aromatic carbocycles. The van der Waals surface area contributed by atoms with Gasteiger partial charge >= 0.3 is 12.1 Å². The van der Waals surface area contributed by atoms with E-state index >= 15 is 0 Å². The lowest BCUT2D eigenvalue weighted by molar-refractivity contribution is -0.189. The van der Waals surface area contributed by atoms with Crippen LogP contribution in [0.25, 0.3) is 10.8 Å². The summed E-state index contributed by atoms with van der Waals surface area (Å²) in [6.45, 7) is 2.39. The molecule has 0 atom stereocenters. The number of carbonyl (C=O) groups excluding carboxylic acids is 2. The van der Waals surface area contributed by atoms with E-state index in [4.69, 9.17) is 11.6 Å². The van der Waals surface area contributed by atoms with E-state index in [1.165, 1.54) is 30.3 Å². The predicted molar refractivity (Wildman–Crippen MR) is 92.6 cm³/mol. The minimum atomic E-state index is -5.19. The van der Waals surface area contributed by atoms with Gasteiger partial charge in [-0.3, -0.25) is 10.2 Å². The largest absolute Gasteiger partial charge is 0.491 e. The summed E-state index contributed by atoms with van der Waals surface area (Å²) in [6, 6.07) is 7.17. The molecule has 0 radical (unpaired) electrons. The Kier molecular flexibility index (Phi) is 5.54. The fraction of sp³-hybridized carbons (Fsp3) is 0.294. The van der Waals surface area contributed by atoms with E-state index in [1.54, 1.807) is 5.01 Å². The van der Waals surface area contributed by atoms with E-state index in [0.29, 0.717) is 36.6 Å². The van der Waals surface area contributed by atoms with Crippen LogP contribution in [-0.4, -0.2) is 49.2 Å². The Morgan fingerprint density at radius 2 is 1.85 bits per heavy atom. The van der Waals surface area contributed by atoms with Crippen molar-refractivity contribution >= 4 is 34.2 Å². The van der Waals surface area contributed by atoms with Crippen molar-refractivity contribution in [3.05, 3.63) is 40.9 Å². The average Bonchev–Trinajstić information content (AvgIpc) is 2.61. The zero-order valence-corrected chi connectivity index (χ0v) is 14.7. The number of esters is 1. The van der Waals surface area contributed by atoms with Gasteiger partial charge in [-0.1, -0.05) is 17.7 Å². The Morgan fingerprint density at radius 1 is 1.15 bits per heavy atom. The number of hydrogen-bond acceptors (Lipinski definition) is 5. The number of alkyl halides is 3. The van der Waals surface area contributed by atoms with Gasteiger partial charge in [-0.05, 0) is 29.7 Å². The minimum absolute atomic E-state index is 0.171. The topological polar surface area (TPSA) is 70.7 Å². The lowest BCUT2D eigenvalue weighted by Gasteiger charge is -2.27. The minimum Gasteiger partial charge on any atom is -0.418 e. The molecule has 0 bridgehead atoms. The highest BCUT2D eigenvalue weighted by Crippen LogP contribution is 2.33. The number of hydrogen-bond donors (Lipinski definition) is 2. The number of amides is 1. The summed E-state index contributed by atoms with van der Waals surface area (Å²) in [6.07, 6.45) is -5.19. The summed E-state index contributed by atoms with van der Waals surface area (Å²) in [5.41, 5.74) is 2.44. The standard InChI is InChI=1S/C17H15ClF3N3O3/c18-11-2-4-12-10(9-11)1-3-13(14(12)27-16(26)17(19,20)21)15(25)23-24-7-5-22-6-8-24/h1-4,9,22H,5-8H2,(H,23,25). The van der Waals surface area contributed by atoms with Gasteiger partial charge in [0.25, 0.3) is 5.91 Å². The van der Waals surface area contributed by atoms with Gasteiger partial charge in [-0.2, -0.15) is 13.2 Å². The summed E-state index contributed by atoms with van der Waals surface area (Å²) >= 11 is 5.90. The Bertz CT molecular complexity index is 883. The molecule has 0 saturated carbocycles. The molecule has 1 aliphatic rings. The van der Waals surface area contributed by atoms with Crippen LogP contribution in [0.2, 0.25) is 5.02 Å². The van der Waals surface area contributed by atoms with Crippen LogP contribution in [-0.2, 0) is 4.79 Å². The van der Waals surface area contributed by atoms with Gasteiger partial charge in [0, 0.05) is 36.6 Å². The lowest BCUT2D eigenvalue weighted by atomic mass is 10.0. The van der Waals surface area contributed by atoms with E-state index in [1.807, 2.05) is 0 Å². The van der Waals surface area contributed by atoms with E-state index in [2.05, 4.69) is 15.5 Å². The van der Waals surface area contributed by atoms with Gasteiger partial charge in [0.2, 0.25) is 0 Å². The molecule has 1 saturated heterocycles. The number of fused-ring (bicyclic) bond motifs is 1. The Labute approximate surface area is 157 Å². The SMILES string of the molecule is O=C(NN1CCNCC1)c1ccc2cc(Cl)ccc2c1OC(=O)C(F)(F)F. The van der Waals surface area contributed by atoms with Crippen LogP contribution in [0.5, 0.6) is 5.75 Å². The first-order chi connectivity index (χ1) is 12.8. The number of benzene rings is 2. The molecule has 1 aliphatic heterocycles. The lowest BCUT2D eigenvalue weighted by Crippen LogP contribution is -2.52. The smallest absolute Gasteiger partial charge is 0.418 e. The molecule has 6 nitrogen and oxygen atoms in total. The van der Waals surface area contributed by atoms with E-state index in [9.17, 15) is 22.8 Å². The molecule has 0 spiro atoms. The van der Waals surface area contributed by atoms with Crippen LogP contribution >= 0.6 is 11.6 Å². The molecule has 27 heavy (non-hydrogen) atoms. The number of nitrogens with one attached hydrogen (secondary N) is 2. The Morgan fingerprint density at radius 3 is 2.52 bits per heavy atom. The van der Waals surface area contributed by atoms with Crippen LogP contribution < -0.4 is 15.5 Å². The van der Waals surface area contributed by atoms with Crippen molar-refractivity contribution in [3.63, 3.8) is 0 Å². The fourth-order valence-electron chi connectivity index (χ4n) is 2.69. The Balaban J connectivity index is 1.99. The highest BCUT2D eigenvalue weighted by atomic mass is 35.5. The first-order valence-electron chi connectivity index (χ1n) is 8.03. The van der Waals surface area contributed by atoms with Gasteiger partial charge in [0.05, 0.1) is 5.56 Å². The highest BCUT2D eigenvalue weighted by Gasteiger charge is 2.42. The molecule has 0 aromatic heterocycles. The van der Waals surface area contributed by atoms with Crippen LogP contribution in [0.1, 0.15) is 10.4 Å². The third-order valence-corrected chi connectivity index (χ3v) is 4.22. The van der Waals surface area contributed by atoms with Gasteiger partial charge in [0.15, 0.2) is 5.75 Å². The molecule has 2 N–H and O–H groups in total. The first kappa shape index (κ1) is 19.4. The molecule has 10 heteroatoms. The second kappa shape index (κ2) is 7.71. The highest BCUT2D eigenvalue weighted by molar-refractivity contribution is 6.31. The molecule has 2 aromatic rings. The summed E-state index contributed by atoms with van der Waals surface area (Å²) in [7, 11) is 0. The maximum atomic E-state index is 12.7. The zero-order chi connectivity index (χ0) is 19.6. The number of halogens is 4. The summed E-state index contributed by atoms with van der Waals surface area (Å²) in [4.78, 5) is 24.0. The van der Waals surface area contributed by atoms with Gasteiger partial charge < -0.3 is 10.1 Å². The number of rotatable bonds is 3. The summed E-state index contributed by atoms with van der Waals surface area (Å²) in [5, 5.41) is 5.71. The first-order valence-corrected chi connectivity index (χ1v) is 8.41. The average molecular weight is 402 g/mol. The van der Waals surface area contributed by atoms with E-state index in [-0.39, 0.29) is 10.9 Å². The van der Waals surface area contributed by atoms with Crippen LogP contribution in [0.4, 0.5) is 13.2 Å². The summed E-state index contributed by atoms with van der Waals surface area (Å²) in [5.74, 6) is -3.53. The third kappa shape index (κ3) is 4.49. The van der Waals surface area contributed by atoms with Crippen LogP contribution in [0.3, 0.4) is 0 Å². The molecule has 144 valence electrons. The number of carbonyl (C=O) groups is 2. The maximum absolute atomic E-state index is 12.7. The van der Waals surface area contributed by atoms with Gasteiger partial charge in [-0.15, -0.1) is 0 Å². The number of hydrazine groups is 1. The zero-order valence-electron chi connectivity index (χ0n) is 13.9. The fourth-order valence-corrected chi connectivity index (χ4v) is 2.87. The molecule has 3 rings (SSSR count). The van der Waals surface area contributed by atoms with Crippen LogP contribution in [0, 0.1) is 0 Å². The number of piperazine rings is 1. The quantitative estimate of drug-likeness (QED) is 0.611. The van der Waals surface area contributed by atoms with Crippen molar-refractivity contribution < 1.29 is 27.5 Å². The molecule has 0 aliphatic carbocycles. The number of ether oxygens (including phenoxy) is 1. The van der Waals surface area contributed by atoms with Crippen molar-refractivity contribution in [3.8, 4) is 5.75 Å². The Hall–Kier alpha value is -2.36. The number of nitrogens with zero attached hydrogens (tertiary/aromatic N) is 1. The van der Waals surface area contributed by atoms with E-state index in [0.717, 1.165) is 0 Å². The monoisotopic (exact) mass is 401 g/mol. The normalized spacial score (nSPS) is 15.6. The molecule has 1 fully saturated rings. The van der Waals surface area contributed by atoms with Crippen molar-refractivity contribution in [2.75, 3.05) is 26.2 Å². The molecule has 0 unspecified atom stereocenters. The van der Waals surface area contributed by atoms with Gasteiger partial charge in [-0.25, -0.2) is 9.80 Å². The van der Waals surface area contributed by atoms with Crippen molar-refractivity contribution in [1.29, 1.82) is 0 Å². The predicted octanol–water partition coefficient (Wildman–Crippen LogP) is 2.51. The third-order valence-electron chi connectivity index (χ3n) is 3.98. The van der Waals surface area contributed by atoms with Crippen molar-refractivity contribution in [2.24, 2.45) is 0 Å². The molecular formula is C17H15ClF3N3O3. The van der Waals surface area contributed by atoms with Crippen molar-refractivity contribution in [2.45, 2.75) is 6.18 Å². The van der Waals surface area contributed by atoms with Crippen molar-refractivity contribution in [1.82, 2.24) is 15.8 Å². The second-order valence-electron chi connectivity index (χ2n) is 5.87. The maximum Gasteiger partial charge on any atom is 0.491 e. The van der Waals surface area contributed by atoms with Crippen LogP contribution in [0.15, 0.2) is 30.3 Å². The molecule has 1 amide bonds. The second-order valence-corrected chi connectivity index (χ2v) is 6.31. The summed E-state index contributed by atoms with van der Waals surface area (Å²) < 4.78 is 42.7.